The van der Waals surface area contributed by atoms with E-state index in [1.165, 1.54) is 0 Å². The van der Waals surface area contributed by atoms with Crippen LogP contribution in [-0.4, -0.2) is 64.7 Å². The molecule has 2 fully saturated rings. The van der Waals surface area contributed by atoms with E-state index in [0.29, 0.717) is 5.69 Å². The molecule has 1 amide bonds. The first kappa shape index (κ1) is 16.1. The van der Waals surface area contributed by atoms with Crippen LogP contribution in [0.2, 0.25) is 0 Å². The van der Waals surface area contributed by atoms with Gasteiger partial charge in [-0.1, -0.05) is 0 Å². The molecular formula is C18H28N4O2. The third-order valence-corrected chi connectivity index (χ3v) is 6.02. The van der Waals surface area contributed by atoms with Gasteiger partial charge in [-0.15, -0.1) is 0 Å². The number of carbonyl (C=O) groups excluding carboxylic acids is 1. The molecule has 4 rings (SSSR count). The van der Waals surface area contributed by atoms with Crippen LogP contribution in [0.15, 0.2) is 0 Å². The second-order valence-corrected chi connectivity index (χ2v) is 8.23. The number of amides is 1. The van der Waals surface area contributed by atoms with Gasteiger partial charge in [0.15, 0.2) is 5.69 Å². The molecule has 0 unspecified atom stereocenters. The van der Waals surface area contributed by atoms with E-state index in [4.69, 9.17) is 4.74 Å². The molecule has 1 aliphatic carbocycles. The van der Waals surface area contributed by atoms with Gasteiger partial charge < -0.3 is 14.5 Å². The molecule has 3 heterocycles. The van der Waals surface area contributed by atoms with Crippen molar-refractivity contribution >= 4 is 5.91 Å². The first-order valence-corrected chi connectivity index (χ1v) is 9.09. The fraction of sp³-hybridized carbons (Fsp3) is 0.778. The van der Waals surface area contributed by atoms with Gasteiger partial charge in [-0.05, 0) is 53.1 Å². The summed E-state index contributed by atoms with van der Waals surface area (Å²) in [7, 11) is 4.24. The molecule has 132 valence electrons. The number of aromatic amines is 1. The molecule has 2 aliphatic heterocycles. The molecule has 24 heavy (non-hydrogen) atoms. The average molecular weight is 332 g/mol. The van der Waals surface area contributed by atoms with E-state index in [1.807, 2.05) is 6.92 Å². The minimum atomic E-state index is -0.0173. The molecule has 6 heteroatoms. The van der Waals surface area contributed by atoms with E-state index in [1.54, 1.807) is 0 Å². The van der Waals surface area contributed by atoms with Crippen molar-refractivity contribution in [1.29, 1.82) is 0 Å². The summed E-state index contributed by atoms with van der Waals surface area (Å²) in [6, 6.07) is 0. The topological polar surface area (TPSA) is 61.5 Å². The summed E-state index contributed by atoms with van der Waals surface area (Å²) in [5.41, 5.74) is 2.79. The summed E-state index contributed by atoms with van der Waals surface area (Å²) >= 11 is 0. The van der Waals surface area contributed by atoms with Crippen molar-refractivity contribution < 1.29 is 9.53 Å². The first-order valence-electron chi connectivity index (χ1n) is 9.09. The van der Waals surface area contributed by atoms with Gasteiger partial charge in [-0.2, -0.15) is 5.10 Å². The van der Waals surface area contributed by atoms with Crippen LogP contribution in [0, 0.1) is 5.92 Å². The largest absolute Gasteiger partial charge is 0.369 e. The van der Waals surface area contributed by atoms with Crippen molar-refractivity contribution in [2.24, 2.45) is 5.92 Å². The number of fused-ring (bicyclic) bond motifs is 1. The predicted octanol–water partition coefficient (Wildman–Crippen LogP) is 1.99. The van der Waals surface area contributed by atoms with E-state index in [0.717, 1.165) is 55.9 Å². The normalized spacial score (nSPS) is 34.9. The zero-order valence-electron chi connectivity index (χ0n) is 15.1. The van der Waals surface area contributed by atoms with Crippen molar-refractivity contribution in [3.63, 3.8) is 0 Å². The fourth-order valence-corrected chi connectivity index (χ4v) is 4.92. The Labute approximate surface area is 143 Å². The third-order valence-electron chi connectivity index (χ3n) is 6.02. The highest BCUT2D eigenvalue weighted by Crippen LogP contribution is 2.51. The average Bonchev–Trinajstić information content (AvgIpc) is 2.84. The molecule has 3 aliphatic rings. The lowest BCUT2D eigenvalue weighted by atomic mass is 9.61. The summed E-state index contributed by atoms with van der Waals surface area (Å²) in [6.45, 7) is 6.07. The number of nitrogens with zero attached hydrogens (tertiary/aromatic N) is 3. The molecule has 1 N–H and O–H groups in total. The number of rotatable bonds is 3. The summed E-state index contributed by atoms with van der Waals surface area (Å²) in [5, 5.41) is 7.42. The number of carbonyl (C=O) groups is 1. The second kappa shape index (κ2) is 5.56. The van der Waals surface area contributed by atoms with Crippen molar-refractivity contribution in [3.05, 3.63) is 17.0 Å². The van der Waals surface area contributed by atoms with Crippen LogP contribution in [0.4, 0.5) is 0 Å². The Morgan fingerprint density at radius 3 is 2.79 bits per heavy atom. The Morgan fingerprint density at radius 1 is 1.42 bits per heavy atom. The molecule has 0 aromatic carbocycles. The van der Waals surface area contributed by atoms with Gasteiger partial charge in [0.25, 0.3) is 5.91 Å². The third kappa shape index (κ3) is 2.39. The number of hydrogen-bond acceptors (Lipinski definition) is 4. The Morgan fingerprint density at radius 2 is 2.17 bits per heavy atom. The van der Waals surface area contributed by atoms with Crippen molar-refractivity contribution in [2.45, 2.75) is 57.3 Å². The van der Waals surface area contributed by atoms with E-state index in [9.17, 15) is 4.79 Å². The number of H-pyrrole nitrogens is 1. The van der Waals surface area contributed by atoms with E-state index in [-0.39, 0.29) is 23.7 Å². The number of aromatic nitrogens is 2. The summed E-state index contributed by atoms with van der Waals surface area (Å²) in [6.07, 6.45) is 4.30. The highest BCUT2D eigenvalue weighted by Gasteiger charge is 2.56. The zero-order valence-corrected chi connectivity index (χ0v) is 15.1. The molecule has 6 nitrogen and oxygen atoms in total. The zero-order chi connectivity index (χ0) is 17.1. The molecule has 1 aromatic heterocycles. The van der Waals surface area contributed by atoms with Crippen LogP contribution in [-0.2, 0) is 11.2 Å². The Kier molecular flexibility index (Phi) is 3.73. The van der Waals surface area contributed by atoms with Gasteiger partial charge in [0.2, 0.25) is 0 Å². The number of likely N-dealkylation sites (tertiary alicyclic amines) is 1. The fourth-order valence-electron chi connectivity index (χ4n) is 4.92. The van der Waals surface area contributed by atoms with Crippen LogP contribution >= 0.6 is 0 Å². The molecule has 2 atom stereocenters. The molecule has 0 radical (unpaired) electrons. The Hall–Kier alpha value is -1.40. The van der Waals surface area contributed by atoms with E-state index < -0.39 is 0 Å². The van der Waals surface area contributed by atoms with Gasteiger partial charge in [-0.3, -0.25) is 9.89 Å². The minimum absolute atomic E-state index is 0.0173. The second-order valence-electron chi connectivity index (χ2n) is 8.23. The maximum atomic E-state index is 13.1. The van der Waals surface area contributed by atoms with E-state index in [2.05, 4.69) is 41.0 Å². The summed E-state index contributed by atoms with van der Waals surface area (Å²) in [4.78, 5) is 17.4. The predicted molar refractivity (Wildman–Crippen MR) is 90.9 cm³/mol. The SMILES string of the molecule is C[C@@H]1Cc2c(C(=O)N3CCC34CC(CN(C)C)C4)n[nH]c2[C@H](C)O1. The first-order chi connectivity index (χ1) is 11.4. The molecule has 0 bridgehead atoms. The Balaban J connectivity index is 1.50. The number of ether oxygens (including phenoxy) is 1. The van der Waals surface area contributed by atoms with Gasteiger partial charge in [-0.25, -0.2) is 0 Å². The van der Waals surface area contributed by atoms with Gasteiger partial charge in [0, 0.05) is 30.6 Å². The van der Waals surface area contributed by atoms with Crippen molar-refractivity contribution in [3.8, 4) is 0 Å². The highest BCUT2D eigenvalue weighted by atomic mass is 16.5. The molecule has 1 saturated heterocycles. The molecule has 1 spiro atoms. The van der Waals surface area contributed by atoms with Crippen LogP contribution in [0.3, 0.4) is 0 Å². The maximum Gasteiger partial charge on any atom is 0.275 e. The minimum Gasteiger partial charge on any atom is -0.369 e. The number of hydrogen-bond donors (Lipinski definition) is 1. The van der Waals surface area contributed by atoms with Crippen LogP contribution in [0.5, 0.6) is 0 Å². The standard InChI is InChI=1S/C18H28N4O2/c1-11-7-14-15(12(2)24-11)19-20-16(14)17(23)22-6-5-18(22)8-13(9-18)10-21(3)4/h11-13H,5-10H2,1-4H3,(H,19,20)/t11-,12+,13?,18?/m1/s1. The lowest BCUT2D eigenvalue weighted by Gasteiger charge is -2.61. The van der Waals surface area contributed by atoms with Gasteiger partial charge in [0.1, 0.15) is 0 Å². The van der Waals surface area contributed by atoms with E-state index >= 15 is 0 Å². The van der Waals surface area contributed by atoms with Crippen LogP contribution in [0.1, 0.15) is 61.0 Å². The van der Waals surface area contributed by atoms with Gasteiger partial charge >= 0.3 is 0 Å². The quantitative estimate of drug-likeness (QED) is 0.919. The Bertz CT molecular complexity index is 647. The van der Waals surface area contributed by atoms with Crippen LogP contribution in [0.25, 0.3) is 0 Å². The van der Waals surface area contributed by atoms with Crippen LogP contribution < -0.4 is 0 Å². The summed E-state index contributed by atoms with van der Waals surface area (Å²) in [5.74, 6) is 0.834. The molecular weight excluding hydrogens is 304 g/mol. The molecule has 1 saturated carbocycles. The maximum absolute atomic E-state index is 13.1. The lowest BCUT2D eigenvalue weighted by molar-refractivity contribution is -0.0837. The summed E-state index contributed by atoms with van der Waals surface area (Å²) < 4.78 is 5.83. The number of nitrogens with one attached hydrogen (secondary N) is 1. The highest BCUT2D eigenvalue weighted by molar-refractivity contribution is 5.95. The van der Waals surface area contributed by atoms with Gasteiger partial charge in [0.05, 0.1) is 17.9 Å². The van der Waals surface area contributed by atoms with Crippen molar-refractivity contribution in [1.82, 2.24) is 20.0 Å². The lowest BCUT2D eigenvalue weighted by Crippen LogP contribution is -2.69. The monoisotopic (exact) mass is 332 g/mol. The van der Waals surface area contributed by atoms with Crippen molar-refractivity contribution in [2.75, 3.05) is 27.2 Å². The molecule has 1 aromatic rings. The smallest absolute Gasteiger partial charge is 0.275 e.